The Balaban J connectivity index is 2.25. The lowest BCUT2D eigenvalue weighted by molar-refractivity contribution is 0.396. The van der Waals surface area contributed by atoms with Crippen LogP contribution < -0.4 is 29.6 Å². The summed E-state index contributed by atoms with van der Waals surface area (Å²) in [4.78, 5) is 0.881. The zero-order valence-corrected chi connectivity index (χ0v) is 18.5. The Morgan fingerprint density at radius 2 is 1.14 bits per heavy atom. The molecule has 0 atom stereocenters. The molecule has 0 bridgehead atoms. The molecule has 5 nitrogen and oxygen atoms in total. The topological polar surface area (TPSA) is 54.0 Å². The Hall–Kier alpha value is -2.56. The summed E-state index contributed by atoms with van der Waals surface area (Å²) in [6, 6.07) is 20.3. The molecular weight excluding hydrogens is 407 g/mol. The lowest BCUT2D eigenvalue weighted by Crippen LogP contribution is -2.18. The van der Waals surface area contributed by atoms with Crippen LogP contribution in [0.1, 0.15) is 0 Å². The summed E-state index contributed by atoms with van der Waals surface area (Å²) < 4.78 is 36.4. The van der Waals surface area contributed by atoms with E-state index in [1.165, 1.54) is 11.4 Å². The maximum Gasteiger partial charge on any atom is 0.206 e. The molecule has 3 aromatic rings. The third-order valence-electron chi connectivity index (χ3n) is 4.39. The van der Waals surface area contributed by atoms with Gasteiger partial charge in [0.05, 0.1) is 39.0 Å². The van der Waals surface area contributed by atoms with Crippen molar-refractivity contribution in [2.75, 3.05) is 28.4 Å². The van der Waals surface area contributed by atoms with Gasteiger partial charge in [0.15, 0.2) is 0 Å². The molecule has 152 valence electrons. The quantitative estimate of drug-likeness (QED) is 0.481. The molecule has 3 aromatic carbocycles. The molecular formula is C22H23O5PS. The van der Waals surface area contributed by atoms with Crippen molar-refractivity contribution >= 4 is 28.3 Å². The second-order valence-electron chi connectivity index (χ2n) is 6.03. The number of benzene rings is 3. The summed E-state index contributed by atoms with van der Waals surface area (Å²) >= 11 is 1.30. The van der Waals surface area contributed by atoms with Crippen LogP contribution in [0.3, 0.4) is 0 Å². The summed E-state index contributed by atoms with van der Waals surface area (Å²) in [6.45, 7) is 0. The third kappa shape index (κ3) is 4.39. The van der Waals surface area contributed by atoms with E-state index in [0.29, 0.717) is 33.6 Å². The van der Waals surface area contributed by atoms with Crippen molar-refractivity contribution in [1.82, 2.24) is 0 Å². The Morgan fingerprint density at radius 3 is 1.55 bits per heavy atom. The summed E-state index contributed by atoms with van der Waals surface area (Å²) in [6.07, 6.45) is -3.26. The molecule has 0 saturated carbocycles. The van der Waals surface area contributed by atoms with Crippen LogP contribution in [-0.2, 0) is 4.57 Å². The Morgan fingerprint density at radius 1 is 0.655 bits per heavy atom. The van der Waals surface area contributed by atoms with Gasteiger partial charge in [-0.25, -0.2) is 0 Å². The van der Waals surface area contributed by atoms with Crippen LogP contribution in [-0.4, -0.2) is 28.4 Å². The van der Waals surface area contributed by atoms with E-state index in [1.807, 2.05) is 30.3 Å². The van der Waals surface area contributed by atoms with Gasteiger partial charge in [0.1, 0.15) is 23.0 Å². The minimum atomic E-state index is -3.26. The van der Waals surface area contributed by atoms with Crippen molar-refractivity contribution in [3.8, 4) is 23.0 Å². The molecule has 0 radical (unpaired) electrons. The van der Waals surface area contributed by atoms with E-state index < -0.39 is 6.34 Å². The summed E-state index contributed by atoms with van der Waals surface area (Å²) in [7, 11) is 6.28. The van der Waals surface area contributed by atoms with Crippen molar-refractivity contribution < 1.29 is 23.5 Å². The van der Waals surface area contributed by atoms with Crippen LogP contribution in [0.15, 0.2) is 71.6 Å². The van der Waals surface area contributed by atoms with Gasteiger partial charge in [0.25, 0.3) is 0 Å². The second kappa shape index (κ2) is 9.29. The Kier molecular flexibility index (Phi) is 6.78. The van der Waals surface area contributed by atoms with E-state index >= 15 is 0 Å². The van der Waals surface area contributed by atoms with Crippen molar-refractivity contribution in [2.45, 2.75) is 4.90 Å². The van der Waals surface area contributed by atoms with E-state index in [1.54, 1.807) is 64.8 Å². The van der Waals surface area contributed by atoms with Gasteiger partial charge in [0, 0.05) is 17.0 Å². The first-order valence-corrected chi connectivity index (χ1v) is 12.0. The molecule has 0 heterocycles. The summed E-state index contributed by atoms with van der Waals surface area (Å²) in [5.41, 5.74) is 0. The van der Waals surface area contributed by atoms with E-state index in [4.69, 9.17) is 18.9 Å². The fourth-order valence-corrected chi connectivity index (χ4v) is 8.13. The molecule has 0 amide bonds. The SMILES string of the molecule is COc1ccc(P(=O)(Sc2ccccc2)c2ccc(OC)cc2OC)c(OC)c1. The van der Waals surface area contributed by atoms with E-state index in [0.717, 1.165) is 4.90 Å². The van der Waals surface area contributed by atoms with Gasteiger partial charge in [-0.05, 0) is 36.4 Å². The monoisotopic (exact) mass is 430 g/mol. The largest absolute Gasteiger partial charge is 0.497 e. The molecule has 0 aromatic heterocycles. The number of methoxy groups -OCH3 is 4. The van der Waals surface area contributed by atoms with E-state index in [-0.39, 0.29) is 0 Å². The molecule has 0 aliphatic heterocycles. The minimum absolute atomic E-state index is 0.494. The average Bonchev–Trinajstić information content (AvgIpc) is 2.78. The predicted molar refractivity (Wildman–Crippen MR) is 118 cm³/mol. The number of hydrogen-bond donors (Lipinski definition) is 0. The molecule has 0 spiro atoms. The van der Waals surface area contributed by atoms with Crippen molar-refractivity contribution in [2.24, 2.45) is 0 Å². The highest BCUT2D eigenvalue weighted by atomic mass is 32.7. The van der Waals surface area contributed by atoms with Crippen LogP contribution in [0.5, 0.6) is 23.0 Å². The van der Waals surface area contributed by atoms with Crippen LogP contribution in [0, 0.1) is 0 Å². The third-order valence-corrected chi connectivity index (χ3v) is 9.72. The van der Waals surface area contributed by atoms with Gasteiger partial charge in [-0.1, -0.05) is 29.6 Å². The maximum absolute atomic E-state index is 14.7. The number of hydrogen-bond acceptors (Lipinski definition) is 6. The zero-order valence-electron chi connectivity index (χ0n) is 16.7. The molecule has 0 aliphatic rings. The van der Waals surface area contributed by atoms with Gasteiger partial charge in [0.2, 0.25) is 6.34 Å². The molecule has 0 aliphatic carbocycles. The van der Waals surface area contributed by atoms with Gasteiger partial charge < -0.3 is 23.5 Å². The van der Waals surface area contributed by atoms with Crippen LogP contribution in [0.25, 0.3) is 0 Å². The molecule has 0 saturated heterocycles. The molecule has 3 rings (SSSR count). The minimum Gasteiger partial charge on any atom is -0.497 e. The smallest absolute Gasteiger partial charge is 0.206 e. The lowest BCUT2D eigenvalue weighted by atomic mass is 10.3. The van der Waals surface area contributed by atoms with Crippen molar-refractivity contribution in [1.29, 1.82) is 0 Å². The van der Waals surface area contributed by atoms with E-state index in [2.05, 4.69) is 0 Å². The second-order valence-corrected chi connectivity index (χ2v) is 10.8. The van der Waals surface area contributed by atoms with Gasteiger partial charge in [-0.15, -0.1) is 0 Å². The van der Waals surface area contributed by atoms with E-state index in [9.17, 15) is 4.57 Å². The predicted octanol–water partition coefficient (Wildman–Crippen LogP) is 4.74. The van der Waals surface area contributed by atoms with Crippen LogP contribution in [0.2, 0.25) is 0 Å². The van der Waals surface area contributed by atoms with Gasteiger partial charge in [-0.2, -0.15) is 0 Å². The highest BCUT2D eigenvalue weighted by Crippen LogP contribution is 2.62. The first-order chi connectivity index (χ1) is 14.0. The summed E-state index contributed by atoms with van der Waals surface area (Å²) in [5, 5.41) is 1.16. The Bertz CT molecular complexity index is 963. The first kappa shape index (κ1) is 21.2. The standard InChI is InChI=1S/C22H23O5PS/c1-24-16-10-12-21(19(14-16)26-3)28(23,29-18-8-6-5-7-9-18)22-13-11-17(25-2)15-20(22)27-4/h5-15H,1-4H3. The number of ether oxygens (including phenoxy) is 4. The summed E-state index contributed by atoms with van der Waals surface area (Å²) in [5.74, 6) is 2.25. The van der Waals surface area contributed by atoms with Crippen molar-refractivity contribution in [3.05, 3.63) is 66.7 Å². The normalized spacial score (nSPS) is 11.0. The van der Waals surface area contributed by atoms with Crippen LogP contribution >= 0.6 is 17.7 Å². The van der Waals surface area contributed by atoms with Gasteiger partial charge in [-0.3, -0.25) is 0 Å². The zero-order chi connectivity index (χ0) is 20.9. The fraction of sp³-hybridized carbons (Fsp3) is 0.182. The molecule has 0 N–H and O–H groups in total. The Labute approximate surface area is 175 Å². The molecule has 0 fully saturated rings. The van der Waals surface area contributed by atoms with Crippen molar-refractivity contribution in [3.63, 3.8) is 0 Å². The molecule has 7 heteroatoms. The maximum atomic E-state index is 14.7. The van der Waals surface area contributed by atoms with Gasteiger partial charge >= 0.3 is 0 Å². The van der Waals surface area contributed by atoms with Crippen LogP contribution in [0.4, 0.5) is 0 Å². The highest BCUT2D eigenvalue weighted by molar-refractivity contribution is 8.62. The highest BCUT2D eigenvalue weighted by Gasteiger charge is 2.35. The molecule has 0 unspecified atom stereocenters. The fourth-order valence-electron chi connectivity index (χ4n) is 2.91. The average molecular weight is 430 g/mol. The lowest BCUT2D eigenvalue weighted by Gasteiger charge is -2.23. The number of rotatable bonds is 8. The molecule has 29 heavy (non-hydrogen) atoms. The first-order valence-electron chi connectivity index (χ1n) is 8.85.